The van der Waals surface area contributed by atoms with Crippen molar-refractivity contribution in [2.24, 2.45) is 4.99 Å². The monoisotopic (exact) mass is 356 g/mol. The molecule has 140 valence electrons. The second-order valence-corrected chi connectivity index (χ2v) is 5.76. The number of hydrogen-bond acceptors (Lipinski definition) is 4. The number of ether oxygens (including phenoxy) is 2. The van der Waals surface area contributed by atoms with Crippen molar-refractivity contribution >= 4 is 5.96 Å². The third-order valence-corrected chi connectivity index (χ3v) is 3.74. The van der Waals surface area contributed by atoms with Crippen molar-refractivity contribution in [3.05, 3.63) is 53.2 Å². The van der Waals surface area contributed by atoms with E-state index in [-0.39, 0.29) is 0 Å². The summed E-state index contributed by atoms with van der Waals surface area (Å²) in [5, 5.41) is 6.63. The molecule has 0 radical (unpaired) electrons. The Balaban J connectivity index is 1.93. The molecule has 0 fully saturated rings. The average Bonchev–Trinajstić information content (AvgIpc) is 2.64. The highest BCUT2D eigenvalue weighted by Crippen LogP contribution is 2.20. The van der Waals surface area contributed by atoms with Crippen LogP contribution in [-0.2, 0) is 13.1 Å². The van der Waals surface area contributed by atoms with Crippen LogP contribution in [0.25, 0.3) is 0 Å². The van der Waals surface area contributed by atoms with Crippen LogP contribution in [0.1, 0.15) is 30.5 Å². The number of aromatic nitrogens is 1. The molecule has 0 saturated carbocycles. The van der Waals surface area contributed by atoms with Crippen molar-refractivity contribution in [1.82, 2.24) is 15.6 Å². The van der Waals surface area contributed by atoms with E-state index in [1.54, 1.807) is 13.2 Å². The Labute approximate surface area is 155 Å². The Morgan fingerprint density at radius 2 is 1.81 bits per heavy atom. The highest BCUT2D eigenvalue weighted by molar-refractivity contribution is 5.79. The summed E-state index contributed by atoms with van der Waals surface area (Å²) in [6.07, 6.45) is 1.75. The summed E-state index contributed by atoms with van der Waals surface area (Å²) in [4.78, 5) is 8.45. The van der Waals surface area contributed by atoms with E-state index in [9.17, 15) is 0 Å². The van der Waals surface area contributed by atoms with Crippen LogP contribution in [0, 0.1) is 6.92 Å². The van der Waals surface area contributed by atoms with Crippen LogP contribution in [0.3, 0.4) is 0 Å². The SMILES string of the molecule is CCOc1cc(CNC(=NC)NCc2ccc(C)cc2OCC)ccn1. The maximum absolute atomic E-state index is 5.73. The van der Waals surface area contributed by atoms with Gasteiger partial charge in [0.25, 0.3) is 0 Å². The van der Waals surface area contributed by atoms with Crippen LogP contribution in [0.15, 0.2) is 41.5 Å². The molecule has 1 aromatic heterocycles. The van der Waals surface area contributed by atoms with E-state index >= 15 is 0 Å². The normalized spacial score (nSPS) is 11.2. The zero-order valence-electron chi connectivity index (χ0n) is 16.0. The Morgan fingerprint density at radius 3 is 2.54 bits per heavy atom. The van der Waals surface area contributed by atoms with Crippen LogP contribution in [0.5, 0.6) is 11.6 Å². The second kappa shape index (κ2) is 10.3. The maximum atomic E-state index is 5.73. The summed E-state index contributed by atoms with van der Waals surface area (Å²) >= 11 is 0. The molecule has 26 heavy (non-hydrogen) atoms. The zero-order chi connectivity index (χ0) is 18.8. The quantitative estimate of drug-likeness (QED) is 0.562. The van der Waals surface area contributed by atoms with Gasteiger partial charge in [-0.2, -0.15) is 0 Å². The van der Waals surface area contributed by atoms with Gasteiger partial charge in [-0.3, -0.25) is 4.99 Å². The number of benzene rings is 1. The minimum absolute atomic E-state index is 0.603. The van der Waals surface area contributed by atoms with Gasteiger partial charge in [0.1, 0.15) is 5.75 Å². The molecule has 0 amide bonds. The van der Waals surface area contributed by atoms with Gasteiger partial charge in [-0.25, -0.2) is 4.98 Å². The molecule has 0 spiro atoms. The molecule has 0 atom stereocenters. The zero-order valence-corrected chi connectivity index (χ0v) is 16.0. The molecule has 2 rings (SSSR count). The largest absolute Gasteiger partial charge is 0.494 e. The van der Waals surface area contributed by atoms with E-state index in [0.717, 1.165) is 22.8 Å². The minimum atomic E-state index is 0.603. The molecule has 0 aliphatic carbocycles. The molecule has 0 bridgehead atoms. The van der Waals surface area contributed by atoms with Crippen LogP contribution in [0.2, 0.25) is 0 Å². The highest BCUT2D eigenvalue weighted by Gasteiger charge is 2.06. The lowest BCUT2D eigenvalue weighted by Crippen LogP contribution is -2.36. The molecule has 6 heteroatoms. The number of nitrogens with zero attached hydrogens (tertiary/aromatic N) is 2. The number of nitrogens with one attached hydrogen (secondary N) is 2. The fraction of sp³-hybridized carbons (Fsp3) is 0.400. The standard InChI is InChI=1S/C20H28N4O2/c1-5-25-18-11-15(3)7-8-17(18)14-24-20(21-4)23-13-16-9-10-22-19(12-16)26-6-2/h7-12H,5-6,13-14H2,1-4H3,(H2,21,23,24). The van der Waals surface area contributed by atoms with Crippen molar-refractivity contribution in [1.29, 1.82) is 0 Å². The van der Waals surface area contributed by atoms with E-state index in [2.05, 4.69) is 45.7 Å². The molecule has 2 aromatic rings. The molecular weight excluding hydrogens is 328 g/mol. The summed E-state index contributed by atoms with van der Waals surface area (Å²) in [6, 6.07) is 10.1. The molecule has 1 aromatic carbocycles. The molecule has 2 N–H and O–H groups in total. The van der Waals surface area contributed by atoms with Gasteiger partial charge >= 0.3 is 0 Å². The van der Waals surface area contributed by atoms with Crippen LogP contribution in [-0.4, -0.2) is 31.2 Å². The smallest absolute Gasteiger partial charge is 0.213 e. The van der Waals surface area contributed by atoms with Gasteiger partial charge in [0.2, 0.25) is 5.88 Å². The fourth-order valence-electron chi connectivity index (χ4n) is 2.47. The fourth-order valence-corrected chi connectivity index (χ4v) is 2.47. The first-order valence-electron chi connectivity index (χ1n) is 8.90. The molecular formula is C20H28N4O2. The lowest BCUT2D eigenvalue weighted by atomic mass is 10.1. The van der Waals surface area contributed by atoms with Crippen molar-refractivity contribution in [2.45, 2.75) is 33.9 Å². The van der Waals surface area contributed by atoms with Crippen LogP contribution < -0.4 is 20.1 Å². The molecule has 0 unspecified atom stereocenters. The van der Waals surface area contributed by atoms with E-state index in [4.69, 9.17) is 9.47 Å². The number of aliphatic imine (C=N–C) groups is 1. The van der Waals surface area contributed by atoms with E-state index in [1.807, 2.05) is 26.0 Å². The van der Waals surface area contributed by atoms with E-state index in [0.29, 0.717) is 32.2 Å². The molecule has 0 aliphatic rings. The van der Waals surface area contributed by atoms with Crippen molar-refractivity contribution in [3.63, 3.8) is 0 Å². The predicted octanol–water partition coefficient (Wildman–Crippen LogP) is 3.05. The average molecular weight is 356 g/mol. The number of guanidine groups is 1. The number of hydrogen-bond donors (Lipinski definition) is 2. The molecule has 1 heterocycles. The molecule has 0 aliphatic heterocycles. The first-order valence-corrected chi connectivity index (χ1v) is 8.90. The van der Waals surface area contributed by atoms with Crippen molar-refractivity contribution < 1.29 is 9.47 Å². The topological polar surface area (TPSA) is 67.8 Å². The molecule has 6 nitrogen and oxygen atoms in total. The van der Waals surface area contributed by atoms with E-state index in [1.165, 1.54) is 5.56 Å². The molecule has 0 saturated heterocycles. The second-order valence-electron chi connectivity index (χ2n) is 5.76. The summed E-state index contributed by atoms with van der Waals surface area (Å²) < 4.78 is 11.2. The number of aryl methyl sites for hydroxylation is 1. The van der Waals surface area contributed by atoms with Gasteiger partial charge in [-0.15, -0.1) is 0 Å². The predicted molar refractivity (Wildman–Crippen MR) is 105 cm³/mol. The summed E-state index contributed by atoms with van der Waals surface area (Å²) in [6.45, 7) is 8.51. The lowest BCUT2D eigenvalue weighted by Gasteiger charge is -2.15. The van der Waals surface area contributed by atoms with Gasteiger partial charge in [-0.1, -0.05) is 12.1 Å². The number of rotatable bonds is 8. The van der Waals surface area contributed by atoms with E-state index < -0.39 is 0 Å². The van der Waals surface area contributed by atoms with Gasteiger partial charge < -0.3 is 20.1 Å². The third-order valence-electron chi connectivity index (χ3n) is 3.74. The van der Waals surface area contributed by atoms with Crippen LogP contribution in [0.4, 0.5) is 0 Å². The minimum Gasteiger partial charge on any atom is -0.494 e. The Hall–Kier alpha value is -2.76. The van der Waals surface area contributed by atoms with Gasteiger partial charge in [-0.05, 0) is 44.0 Å². The summed E-state index contributed by atoms with van der Waals surface area (Å²) in [7, 11) is 1.76. The Morgan fingerprint density at radius 1 is 1.04 bits per heavy atom. The van der Waals surface area contributed by atoms with Crippen molar-refractivity contribution in [2.75, 3.05) is 20.3 Å². The maximum Gasteiger partial charge on any atom is 0.213 e. The third kappa shape index (κ3) is 5.95. The summed E-state index contributed by atoms with van der Waals surface area (Å²) in [5.41, 5.74) is 3.36. The summed E-state index contributed by atoms with van der Waals surface area (Å²) in [5.74, 6) is 2.27. The Kier molecular flexibility index (Phi) is 7.74. The number of pyridine rings is 1. The van der Waals surface area contributed by atoms with Crippen molar-refractivity contribution in [3.8, 4) is 11.6 Å². The first kappa shape index (κ1) is 19.6. The van der Waals surface area contributed by atoms with Crippen LogP contribution >= 0.6 is 0 Å². The van der Waals surface area contributed by atoms with Gasteiger partial charge in [0.05, 0.1) is 13.2 Å². The lowest BCUT2D eigenvalue weighted by molar-refractivity contribution is 0.326. The van der Waals surface area contributed by atoms with Gasteiger partial charge in [0.15, 0.2) is 5.96 Å². The highest BCUT2D eigenvalue weighted by atomic mass is 16.5. The van der Waals surface area contributed by atoms with Gasteiger partial charge in [0, 0.05) is 38.0 Å². The Bertz CT molecular complexity index is 732. The first-order chi connectivity index (χ1) is 12.7.